The van der Waals surface area contributed by atoms with Crippen molar-refractivity contribution in [2.75, 3.05) is 13.1 Å². The molecule has 0 aliphatic rings. The Hall–Kier alpha value is -1.35. The summed E-state index contributed by atoms with van der Waals surface area (Å²) < 4.78 is 15.6. The number of nitrogens with zero attached hydrogens (tertiary/aromatic N) is 1. The minimum atomic E-state index is -0.142. The van der Waals surface area contributed by atoms with Crippen molar-refractivity contribution in [3.8, 4) is 0 Å². The Morgan fingerprint density at radius 3 is 2.68 bits per heavy atom. The monoisotopic (exact) mass is 262 g/mol. The summed E-state index contributed by atoms with van der Waals surface area (Å²) in [5.41, 5.74) is 1.34. The highest BCUT2D eigenvalue weighted by Gasteiger charge is 2.09. The lowest BCUT2D eigenvalue weighted by Gasteiger charge is -2.18. The van der Waals surface area contributed by atoms with Gasteiger partial charge in [0.1, 0.15) is 5.82 Å². The van der Waals surface area contributed by atoms with Crippen molar-refractivity contribution in [3.63, 3.8) is 0 Å². The normalized spacial score (nSPS) is 12.2. The Morgan fingerprint density at radius 1 is 1.16 bits per heavy atom. The van der Waals surface area contributed by atoms with E-state index in [1.807, 2.05) is 18.3 Å². The summed E-state index contributed by atoms with van der Waals surface area (Å²) in [6, 6.07) is 7.09. The molecule has 0 unspecified atom stereocenters. The molecule has 0 aliphatic carbocycles. The van der Waals surface area contributed by atoms with Gasteiger partial charge >= 0.3 is 0 Å². The third-order valence-electron chi connectivity index (χ3n) is 3.34. The molecule has 0 saturated heterocycles. The van der Waals surface area contributed by atoms with Crippen LogP contribution < -0.4 is 5.32 Å². The predicted octanol–water partition coefficient (Wildman–Crippen LogP) is 3.81. The Labute approximate surface area is 114 Å². The summed E-state index contributed by atoms with van der Waals surface area (Å²) in [6.07, 6.45) is 3.12. The minimum absolute atomic E-state index is 0.142. The Morgan fingerprint density at radius 2 is 1.95 bits per heavy atom. The fourth-order valence-electron chi connectivity index (χ4n) is 2.17. The Kier molecular flexibility index (Phi) is 4.25. The number of halogens is 1. The molecule has 1 aromatic heterocycles. The fraction of sp³-hybridized carbons (Fsp3) is 0.500. The lowest BCUT2D eigenvalue weighted by atomic mass is 9.92. The standard InChI is InChI=1S/C16H23FN2/c1-16(2,3)8-9-18-10-12-19-11-7-13-14(17)5-4-6-15(13)19/h4-7,11,18H,8-10,12H2,1-3H3. The van der Waals surface area contributed by atoms with Crippen LogP contribution in [0.2, 0.25) is 0 Å². The molecule has 19 heavy (non-hydrogen) atoms. The Balaban J connectivity index is 1.87. The van der Waals surface area contributed by atoms with Gasteiger partial charge in [-0.2, -0.15) is 0 Å². The summed E-state index contributed by atoms with van der Waals surface area (Å²) in [5, 5.41) is 4.15. The van der Waals surface area contributed by atoms with E-state index in [-0.39, 0.29) is 5.82 Å². The Bertz CT molecular complexity index is 537. The van der Waals surface area contributed by atoms with E-state index in [1.165, 1.54) is 6.07 Å². The second kappa shape index (κ2) is 5.74. The first-order valence-corrected chi connectivity index (χ1v) is 6.91. The van der Waals surface area contributed by atoms with Gasteiger partial charge < -0.3 is 9.88 Å². The van der Waals surface area contributed by atoms with Crippen LogP contribution in [0, 0.1) is 11.2 Å². The van der Waals surface area contributed by atoms with Gasteiger partial charge in [-0.1, -0.05) is 26.8 Å². The average molecular weight is 262 g/mol. The zero-order valence-electron chi connectivity index (χ0n) is 12.0. The molecular formula is C16H23FN2. The summed E-state index contributed by atoms with van der Waals surface area (Å²) in [4.78, 5) is 0. The lowest BCUT2D eigenvalue weighted by molar-refractivity contribution is 0.365. The molecule has 0 spiro atoms. The summed E-state index contributed by atoms with van der Waals surface area (Å²) in [6.45, 7) is 9.55. The number of aromatic nitrogens is 1. The molecule has 1 aromatic carbocycles. The van der Waals surface area contributed by atoms with Crippen LogP contribution in [0.4, 0.5) is 4.39 Å². The molecule has 3 heteroatoms. The number of nitrogens with one attached hydrogen (secondary N) is 1. The minimum Gasteiger partial charge on any atom is -0.346 e. The molecule has 0 saturated carbocycles. The second-order valence-electron chi connectivity index (χ2n) is 6.24. The van der Waals surface area contributed by atoms with Gasteiger partial charge in [0.2, 0.25) is 0 Å². The topological polar surface area (TPSA) is 17.0 Å². The fourth-order valence-corrected chi connectivity index (χ4v) is 2.17. The molecule has 2 nitrogen and oxygen atoms in total. The molecular weight excluding hydrogens is 239 g/mol. The van der Waals surface area contributed by atoms with Crippen molar-refractivity contribution in [1.82, 2.24) is 9.88 Å². The van der Waals surface area contributed by atoms with Crippen LogP contribution in [-0.4, -0.2) is 17.7 Å². The largest absolute Gasteiger partial charge is 0.346 e. The smallest absolute Gasteiger partial charge is 0.132 e. The highest BCUT2D eigenvalue weighted by atomic mass is 19.1. The molecule has 2 rings (SSSR count). The van der Waals surface area contributed by atoms with E-state index in [0.29, 0.717) is 10.8 Å². The number of hydrogen-bond donors (Lipinski definition) is 1. The summed E-state index contributed by atoms with van der Waals surface area (Å²) in [7, 11) is 0. The zero-order chi connectivity index (χ0) is 13.9. The first-order chi connectivity index (χ1) is 8.97. The zero-order valence-corrected chi connectivity index (χ0v) is 12.0. The molecule has 0 amide bonds. The van der Waals surface area contributed by atoms with Crippen LogP contribution in [0.15, 0.2) is 30.5 Å². The second-order valence-corrected chi connectivity index (χ2v) is 6.24. The molecule has 1 N–H and O–H groups in total. The van der Waals surface area contributed by atoms with Gasteiger partial charge in [0, 0.05) is 24.7 Å². The molecule has 2 aromatic rings. The molecule has 0 atom stereocenters. The van der Waals surface area contributed by atoms with Crippen molar-refractivity contribution >= 4 is 10.9 Å². The third-order valence-corrected chi connectivity index (χ3v) is 3.34. The number of fused-ring (bicyclic) bond motifs is 1. The van der Waals surface area contributed by atoms with E-state index in [2.05, 4.69) is 30.7 Å². The van der Waals surface area contributed by atoms with E-state index < -0.39 is 0 Å². The van der Waals surface area contributed by atoms with Gasteiger partial charge in [-0.05, 0) is 36.6 Å². The maximum atomic E-state index is 13.5. The van der Waals surface area contributed by atoms with Crippen molar-refractivity contribution < 1.29 is 4.39 Å². The molecule has 0 fully saturated rings. The van der Waals surface area contributed by atoms with E-state index in [9.17, 15) is 4.39 Å². The number of benzene rings is 1. The predicted molar refractivity (Wildman–Crippen MR) is 78.8 cm³/mol. The van der Waals surface area contributed by atoms with Crippen molar-refractivity contribution in [2.45, 2.75) is 33.7 Å². The van der Waals surface area contributed by atoms with Gasteiger partial charge in [-0.15, -0.1) is 0 Å². The summed E-state index contributed by atoms with van der Waals surface area (Å²) >= 11 is 0. The van der Waals surface area contributed by atoms with Crippen molar-refractivity contribution in [2.24, 2.45) is 5.41 Å². The van der Waals surface area contributed by atoms with Crippen molar-refractivity contribution in [3.05, 3.63) is 36.3 Å². The third kappa shape index (κ3) is 3.80. The van der Waals surface area contributed by atoms with Gasteiger partial charge in [0.05, 0.1) is 5.52 Å². The number of hydrogen-bond acceptors (Lipinski definition) is 1. The highest BCUT2D eigenvalue weighted by molar-refractivity contribution is 5.80. The number of rotatable bonds is 5. The maximum Gasteiger partial charge on any atom is 0.132 e. The highest BCUT2D eigenvalue weighted by Crippen LogP contribution is 2.19. The molecule has 0 aliphatic heterocycles. The SMILES string of the molecule is CC(C)(C)CCNCCn1ccc2c(F)cccc21. The quantitative estimate of drug-likeness (QED) is 0.811. The molecule has 0 radical (unpaired) electrons. The first-order valence-electron chi connectivity index (χ1n) is 6.91. The van der Waals surface area contributed by atoms with E-state index in [1.54, 1.807) is 6.07 Å². The van der Waals surface area contributed by atoms with Crippen LogP contribution in [0.1, 0.15) is 27.2 Å². The van der Waals surface area contributed by atoms with Gasteiger partial charge in [-0.3, -0.25) is 0 Å². The lowest BCUT2D eigenvalue weighted by Crippen LogP contribution is -2.24. The van der Waals surface area contributed by atoms with Gasteiger partial charge in [0.25, 0.3) is 0 Å². The molecule has 104 valence electrons. The van der Waals surface area contributed by atoms with Crippen molar-refractivity contribution in [1.29, 1.82) is 0 Å². The van der Waals surface area contributed by atoms with Crippen LogP contribution in [0.25, 0.3) is 10.9 Å². The molecule has 0 bridgehead atoms. The van der Waals surface area contributed by atoms with Crippen LogP contribution in [0.3, 0.4) is 0 Å². The van der Waals surface area contributed by atoms with E-state index in [4.69, 9.17) is 0 Å². The van der Waals surface area contributed by atoms with E-state index in [0.717, 1.165) is 31.6 Å². The van der Waals surface area contributed by atoms with Crippen LogP contribution >= 0.6 is 0 Å². The van der Waals surface area contributed by atoms with Gasteiger partial charge in [0.15, 0.2) is 0 Å². The van der Waals surface area contributed by atoms with E-state index >= 15 is 0 Å². The van der Waals surface area contributed by atoms with Crippen LogP contribution in [-0.2, 0) is 6.54 Å². The first kappa shape index (κ1) is 14.1. The molecule has 1 heterocycles. The van der Waals surface area contributed by atoms with Gasteiger partial charge in [-0.25, -0.2) is 4.39 Å². The maximum absolute atomic E-state index is 13.5. The van der Waals surface area contributed by atoms with Crippen LogP contribution in [0.5, 0.6) is 0 Å². The summed E-state index contributed by atoms with van der Waals surface area (Å²) in [5.74, 6) is -0.142. The average Bonchev–Trinajstić information content (AvgIpc) is 2.72.